The average molecular weight is 193 g/mol. The normalized spacial score (nSPS) is 10.9. The first-order valence-corrected chi connectivity index (χ1v) is 4.32. The highest BCUT2D eigenvalue weighted by Gasteiger charge is 1.77. The van der Waals surface area contributed by atoms with Gasteiger partial charge in [-0.3, -0.25) is 0 Å². The molecule has 0 aliphatic rings. The molecule has 0 aromatic rings. The van der Waals surface area contributed by atoms with Crippen molar-refractivity contribution in [1.82, 2.24) is 0 Å². The molecule has 0 aliphatic carbocycles. The maximum Gasteiger partial charge on any atom is 0.0647 e. The van der Waals surface area contributed by atoms with E-state index >= 15 is 0 Å². The summed E-state index contributed by atoms with van der Waals surface area (Å²) in [7, 11) is 0. The molecule has 0 aromatic carbocycles. The van der Waals surface area contributed by atoms with E-state index < -0.39 is 0 Å². The number of ether oxygens (including phenoxy) is 1. The van der Waals surface area contributed by atoms with Crippen LogP contribution in [0.5, 0.6) is 0 Å². The molecule has 0 saturated carbocycles. The third-order valence-electron chi connectivity index (χ3n) is 0.818. The van der Waals surface area contributed by atoms with Crippen molar-refractivity contribution in [3.63, 3.8) is 0 Å². The molecular formula is C7H13BrO. The second-order valence-corrected chi connectivity index (χ2v) is 2.35. The molecular weight excluding hydrogens is 180 g/mol. The Morgan fingerprint density at radius 1 is 1.44 bits per heavy atom. The summed E-state index contributed by atoms with van der Waals surface area (Å²) >= 11 is 3.28. The second-order valence-electron chi connectivity index (χ2n) is 1.70. The monoisotopic (exact) mass is 192 g/mol. The van der Waals surface area contributed by atoms with Gasteiger partial charge < -0.3 is 4.74 Å². The summed E-state index contributed by atoms with van der Waals surface area (Å²) in [6, 6.07) is 0. The minimum absolute atomic E-state index is 0.749. The molecule has 54 valence electrons. The fourth-order valence-corrected chi connectivity index (χ4v) is 0.691. The number of halogens is 1. The first-order valence-electron chi connectivity index (χ1n) is 3.20. The van der Waals surface area contributed by atoms with E-state index in [0.717, 1.165) is 25.0 Å². The van der Waals surface area contributed by atoms with Gasteiger partial charge in [-0.1, -0.05) is 35.0 Å². The van der Waals surface area contributed by atoms with Gasteiger partial charge in [-0.05, 0) is 6.42 Å². The van der Waals surface area contributed by atoms with Gasteiger partial charge in [0.15, 0.2) is 0 Å². The maximum atomic E-state index is 5.18. The molecule has 0 saturated heterocycles. The molecule has 0 radical (unpaired) electrons. The molecule has 0 heterocycles. The van der Waals surface area contributed by atoms with E-state index in [1.165, 1.54) is 0 Å². The van der Waals surface area contributed by atoms with Crippen molar-refractivity contribution in [3.05, 3.63) is 12.2 Å². The highest BCUT2D eigenvalue weighted by molar-refractivity contribution is 9.09. The average Bonchev–Trinajstić information content (AvgIpc) is 1.89. The van der Waals surface area contributed by atoms with Crippen LogP contribution in [0.15, 0.2) is 12.2 Å². The topological polar surface area (TPSA) is 9.23 Å². The van der Waals surface area contributed by atoms with E-state index in [1.54, 1.807) is 0 Å². The summed E-state index contributed by atoms with van der Waals surface area (Å²) < 4.78 is 5.18. The molecule has 0 amide bonds. The lowest BCUT2D eigenvalue weighted by Crippen LogP contribution is -1.91. The van der Waals surface area contributed by atoms with E-state index in [2.05, 4.69) is 22.9 Å². The molecule has 9 heavy (non-hydrogen) atoms. The minimum Gasteiger partial charge on any atom is -0.377 e. The van der Waals surface area contributed by atoms with Crippen LogP contribution in [0.1, 0.15) is 13.3 Å². The van der Waals surface area contributed by atoms with Crippen molar-refractivity contribution in [1.29, 1.82) is 0 Å². The molecule has 0 spiro atoms. The van der Waals surface area contributed by atoms with E-state index in [0.29, 0.717) is 0 Å². The van der Waals surface area contributed by atoms with Gasteiger partial charge in [0.25, 0.3) is 0 Å². The van der Waals surface area contributed by atoms with E-state index in [9.17, 15) is 0 Å². The van der Waals surface area contributed by atoms with Gasteiger partial charge in [0.05, 0.1) is 6.61 Å². The van der Waals surface area contributed by atoms with Gasteiger partial charge in [0.1, 0.15) is 0 Å². The number of allylic oxidation sites excluding steroid dienone is 1. The van der Waals surface area contributed by atoms with Gasteiger partial charge in [0, 0.05) is 11.9 Å². The molecule has 0 unspecified atom stereocenters. The molecule has 0 aromatic heterocycles. The molecule has 0 N–H and O–H groups in total. The quantitative estimate of drug-likeness (QED) is 0.370. The van der Waals surface area contributed by atoms with Crippen LogP contribution in [0.25, 0.3) is 0 Å². The van der Waals surface area contributed by atoms with Crippen LogP contribution in [0.3, 0.4) is 0 Å². The summed E-state index contributed by atoms with van der Waals surface area (Å²) in [6.07, 6.45) is 5.15. The number of alkyl halides is 1. The predicted molar refractivity (Wildman–Crippen MR) is 44.0 cm³/mol. The van der Waals surface area contributed by atoms with Gasteiger partial charge in [-0.15, -0.1) is 0 Å². The first kappa shape index (κ1) is 9.18. The molecule has 0 bridgehead atoms. The molecule has 0 aliphatic heterocycles. The van der Waals surface area contributed by atoms with E-state index in [1.807, 2.05) is 12.2 Å². The number of rotatable bonds is 5. The summed E-state index contributed by atoms with van der Waals surface area (Å²) in [5, 5.41) is 0.919. The Bertz CT molecular complexity index is 71.3. The van der Waals surface area contributed by atoms with Gasteiger partial charge in [-0.2, -0.15) is 0 Å². The second kappa shape index (κ2) is 8.18. The van der Waals surface area contributed by atoms with Gasteiger partial charge >= 0.3 is 0 Å². The van der Waals surface area contributed by atoms with E-state index in [4.69, 9.17) is 4.74 Å². The molecule has 0 fully saturated rings. The molecule has 0 rings (SSSR count). The van der Waals surface area contributed by atoms with Crippen molar-refractivity contribution < 1.29 is 4.74 Å². The van der Waals surface area contributed by atoms with Crippen LogP contribution in [-0.2, 0) is 4.74 Å². The van der Waals surface area contributed by atoms with Crippen LogP contribution >= 0.6 is 15.9 Å². The summed E-state index contributed by atoms with van der Waals surface area (Å²) in [5.74, 6) is 0. The van der Waals surface area contributed by atoms with Crippen molar-refractivity contribution >= 4 is 15.9 Å². The standard InChI is InChI=1S/C7H13BrO/c1-2-6-9-7-4-3-5-8/h3-4H,2,5-7H2,1H3/b4-3+. The zero-order valence-electron chi connectivity index (χ0n) is 5.77. The number of hydrogen-bond acceptors (Lipinski definition) is 1. The predicted octanol–water partition coefficient (Wildman–Crippen LogP) is 2.36. The fourth-order valence-electron chi connectivity index (χ4n) is 0.427. The van der Waals surface area contributed by atoms with Crippen LogP contribution in [0.4, 0.5) is 0 Å². The Morgan fingerprint density at radius 2 is 2.22 bits per heavy atom. The van der Waals surface area contributed by atoms with Crippen molar-refractivity contribution in [3.8, 4) is 0 Å². The Labute approximate surface area is 65.2 Å². The lowest BCUT2D eigenvalue weighted by molar-refractivity contribution is 0.163. The lowest BCUT2D eigenvalue weighted by Gasteiger charge is -1.94. The largest absolute Gasteiger partial charge is 0.377 e. The Balaban J connectivity index is 2.82. The number of hydrogen-bond donors (Lipinski definition) is 0. The smallest absolute Gasteiger partial charge is 0.0647 e. The molecule has 2 heteroatoms. The van der Waals surface area contributed by atoms with Crippen molar-refractivity contribution in [2.45, 2.75) is 13.3 Å². The van der Waals surface area contributed by atoms with E-state index in [-0.39, 0.29) is 0 Å². The van der Waals surface area contributed by atoms with Crippen LogP contribution in [-0.4, -0.2) is 18.5 Å². The van der Waals surface area contributed by atoms with Crippen molar-refractivity contribution in [2.75, 3.05) is 18.5 Å². The highest BCUT2D eigenvalue weighted by atomic mass is 79.9. The van der Waals surface area contributed by atoms with Gasteiger partial charge in [0.2, 0.25) is 0 Å². The van der Waals surface area contributed by atoms with Crippen LogP contribution in [0, 0.1) is 0 Å². The Hall–Kier alpha value is 0.180. The zero-order chi connectivity index (χ0) is 6.95. The molecule has 1 nitrogen and oxygen atoms in total. The van der Waals surface area contributed by atoms with Crippen LogP contribution < -0.4 is 0 Å². The Kier molecular flexibility index (Phi) is 8.34. The lowest BCUT2D eigenvalue weighted by atomic mass is 10.5. The van der Waals surface area contributed by atoms with Crippen LogP contribution in [0.2, 0.25) is 0 Å². The third-order valence-corrected chi connectivity index (χ3v) is 1.19. The Morgan fingerprint density at radius 3 is 2.78 bits per heavy atom. The fraction of sp³-hybridized carbons (Fsp3) is 0.714. The third kappa shape index (κ3) is 8.18. The SMILES string of the molecule is CCCOC/C=C/CBr. The highest BCUT2D eigenvalue weighted by Crippen LogP contribution is 1.84. The maximum absolute atomic E-state index is 5.18. The minimum atomic E-state index is 0.749. The summed E-state index contributed by atoms with van der Waals surface area (Å²) in [5.41, 5.74) is 0. The van der Waals surface area contributed by atoms with Crippen molar-refractivity contribution in [2.24, 2.45) is 0 Å². The summed E-state index contributed by atoms with van der Waals surface area (Å²) in [4.78, 5) is 0. The summed E-state index contributed by atoms with van der Waals surface area (Å²) in [6.45, 7) is 3.72. The van der Waals surface area contributed by atoms with Gasteiger partial charge in [-0.25, -0.2) is 0 Å². The zero-order valence-corrected chi connectivity index (χ0v) is 7.36. The first-order chi connectivity index (χ1) is 4.41. The molecule has 0 atom stereocenters.